The second-order valence-electron chi connectivity index (χ2n) is 9.45. The van der Waals surface area contributed by atoms with Gasteiger partial charge in [-0.05, 0) is 66.9 Å². The third kappa shape index (κ3) is 5.12. The Morgan fingerprint density at radius 1 is 1.09 bits per heavy atom. The van der Waals surface area contributed by atoms with E-state index in [1.165, 1.54) is 6.07 Å². The van der Waals surface area contributed by atoms with E-state index in [1.807, 2.05) is 38.2 Å². The van der Waals surface area contributed by atoms with E-state index >= 15 is 0 Å². The predicted molar refractivity (Wildman–Crippen MR) is 134 cm³/mol. The number of allylic oxidation sites excluding steroid dienone is 7. The zero-order valence-corrected chi connectivity index (χ0v) is 19.9. The molecule has 1 aromatic carbocycles. The van der Waals surface area contributed by atoms with E-state index in [2.05, 4.69) is 35.5 Å². The average molecular weight is 468 g/mol. The smallest absolute Gasteiger partial charge is 0.398 e. The Morgan fingerprint density at radius 2 is 1.82 bits per heavy atom. The van der Waals surface area contributed by atoms with Gasteiger partial charge in [-0.2, -0.15) is 13.2 Å². The number of hydrogen-bond acceptors (Lipinski definition) is 3. The van der Waals surface area contributed by atoms with Gasteiger partial charge >= 0.3 is 6.18 Å². The highest BCUT2D eigenvalue weighted by Gasteiger charge is 2.35. The number of aromatic nitrogens is 1. The summed E-state index contributed by atoms with van der Waals surface area (Å²) in [6.07, 6.45) is 11.5. The van der Waals surface area contributed by atoms with Crippen LogP contribution in [0.1, 0.15) is 56.5 Å². The van der Waals surface area contributed by atoms with E-state index in [4.69, 9.17) is 5.73 Å². The van der Waals surface area contributed by atoms with Crippen LogP contribution in [0.4, 0.5) is 18.9 Å². The fourth-order valence-corrected chi connectivity index (χ4v) is 4.83. The van der Waals surface area contributed by atoms with Crippen molar-refractivity contribution < 1.29 is 13.2 Å². The van der Waals surface area contributed by atoms with Crippen LogP contribution in [-0.2, 0) is 6.18 Å². The van der Waals surface area contributed by atoms with E-state index < -0.39 is 11.7 Å². The largest absolute Gasteiger partial charge is 0.418 e. The van der Waals surface area contributed by atoms with Crippen molar-refractivity contribution in [3.05, 3.63) is 77.6 Å². The number of fused-ring (bicyclic) bond motifs is 1. The van der Waals surface area contributed by atoms with Crippen LogP contribution in [-0.4, -0.2) is 11.5 Å². The molecule has 4 rings (SSSR count). The summed E-state index contributed by atoms with van der Waals surface area (Å²) >= 11 is 0. The molecular formula is C28H32F3N3. The molecule has 0 saturated carbocycles. The van der Waals surface area contributed by atoms with Gasteiger partial charge in [0.2, 0.25) is 0 Å². The lowest BCUT2D eigenvalue weighted by molar-refractivity contribution is -0.136. The number of halogens is 3. The maximum absolute atomic E-state index is 14.1. The standard InChI is InChI=1S/C28H32F3N3/c1-4-19-9-5-6-10-21(19)16-33-18(3)26-15-25(32)23-13-22(20-11-7-8-17(2)12-20)14-24(27(23)34-26)28(29,30)31/h5-11,13-15,17-19,21,33H,4,12,16H2,1-3H3,(H2,32,34). The van der Waals surface area contributed by atoms with Gasteiger partial charge in [-0.3, -0.25) is 4.98 Å². The molecule has 180 valence electrons. The lowest BCUT2D eigenvalue weighted by Crippen LogP contribution is -2.29. The highest BCUT2D eigenvalue weighted by molar-refractivity contribution is 5.95. The van der Waals surface area contributed by atoms with Crippen molar-refractivity contribution >= 4 is 22.2 Å². The predicted octanol–water partition coefficient (Wildman–Crippen LogP) is 7.23. The van der Waals surface area contributed by atoms with Gasteiger partial charge in [-0.25, -0.2) is 0 Å². The minimum absolute atomic E-state index is 0.0909. The van der Waals surface area contributed by atoms with Crippen molar-refractivity contribution in [2.45, 2.75) is 45.8 Å². The number of nitrogens with two attached hydrogens (primary N) is 1. The Kier molecular flexibility index (Phi) is 6.99. The molecule has 4 unspecified atom stereocenters. The average Bonchev–Trinajstić information content (AvgIpc) is 2.81. The topological polar surface area (TPSA) is 50.9 Å². The first kappa shape index (κ1) is 24.3. The Bertz CT molecular complexity index is 1170. The second-order valence-corrected chi connectivity index (χ2v) is 9.45. The number of benzene rings is 1. The minimum Gasteiger partial charge on any atom is -0.398 e. The molecule has 0 fully saturated rings. The SMILES string of the molecule is CCC1C=CC=CC1CNC(C)c1cc(N)c2cc(C3=CC=CC(C)C3)cc(C(F)(F)F)c2n1. The van der Waals surface area contributed by atoms with E-state index in [1.54, 1.807) is 12.1 Å². The molecule has 0 aliphatic heterocycles. The molecule has 1 heterocycles. The van der Waals surface area contributed by atoms with Crippen LogP contribution >= 0.6 is 0 Å². The van der Waals surface area contributed by atoms with Crippen molar-refractivity contribution in [2.24, 2.45) is 17.8 Å². The van der Waals surface area contributed by atoms with Crippen molar-refractivity contribution in [3.63, 3.8) is 0 Å². The first-order valence-electron chi connectivity index (χ1n) is 11.9. The fraction of sp³-hybridized carbons (Fsp3) is 0.393. The Labute approximate surface area is 199 Å². The molecule has 34 heavy (non-hydrogen) atoms. The quantitative estimate of drug-likeness (QED) is 0.471. The van der Waals surface area contributed by atoms with E-state index in [9.17, 15) is 13.2 Å². The maximum atomic E-state index is 14.1. The summed E-state index contributed by atoms with van der Waals surface area (Å²) < 4.78 is 42.4. The van der Waals surface area contributed by atoms with Crippen LogP contribution < -0.4 is 11.1 Å². The monoisotopic (exact) mass is 467 g/mol. The van der Waals surface area contributed by atoms with Crippen LogP contribution in [0.3, 0.4) is 0 Å². The zero-order valence-electron chi connectivity index (χ0n) is 19.9. The first-order valence-corrected chi connectivity index (χ1v) is 11.9. The molecule has 2 aliphatic rings. The number of pyridine rings is 1. The number of alkyl halides is 3. The Morgan fingerprint density at radius 3 is 2.50 bits per heavy atom. The van der Waals surface area contributed by atoms with Crippen LogP contribution in [0, 0.1) is 17.8 Å². The molecule has 0 radical (unpaired) electrons. The third-order valence-corrected chi connectivity index (χ3v) is 6.87. The fourth-order valence-electron chi connectivity index (χ4n) is 4.83. The van der Waals surface area contributed by atoms with Gasteiger partial charge < -0.3 is 11.1 Å². The number of rotatable bonds is 6. The molecule has 1 aromatic heterocycles. The van der Waals surface area contributed by atoms with E-state index in [0.717, 1.165) is 12.0 Å². The van der Waals surface area contributed by atoms with E-state index in [0.29, 0.717) is 47.1 Å². The lowest BCUT2D eigenvalue weighted by atomic mass is 9.86. The molecule has 4 atom stereocenters. The van der Waals surface area contributed by atoms with Crippen LogP contribution in [0.25, 0.3) is 16.5 Å². The molecule has 3 N–H and O–H groups in total. The minimum atomic E-state index is -4.53. The number of hydrogen-bond donors (Lipinski definition) is 2. The van der Waals surface area contributed by atoms with Gasteiger partial charge in [-0.1, -0.05) is 56.4 Å². The van der Waals surface area contributed by atoms with Crippen LogP contribution in [0.5, 0.6) is 0 Å². The number of nitrogens with zero attached hydrogens (tertiary/aromatic N) is 1. The molecule has 6 heteroatoms. The van der Waals surface area contributed by atoms with Gasteiger partial charge in [0.25, 0.3) is 0 Å². The highest BCUT2D eigenvalue weighted by Crippen LogP contribution is 2.40. The molecular weight excluding hydrogens is 435 g/mol. The highest BCUT2D eigenvalue weighted by atomic mass is 19.4. The van der Waals surface area contributed by atoms with Crippen molar-refractivity contribution in [1.82, 2.24) is 10.3 Å². The Hall–Kier alpha value is -2.86. The van der Waals surface area contributed by atoms with E-state index in [-0.39, 0.29) is 17.5 Å². The summed E-state index contributed by atoms with van der Waals surface area (Å²) in [5, 5.41) is 3.79. The second kappa shape index (κ2) is 9.79. The zero-order chi connectivity index (χ0) is 24.5. The van der Waals surface area contributed by atoms with Gasteiger partial charge in [0.15, 0.2) is 0 Å². The summed E-state index contributed by atoms with van der Waals surface area (Å²) in [6.45, 7) is 6.83. The van der Waals surface area contributed by atoms with Crippen molar-refractivity contribution in [2.75, 3.05) is 12.3 Å². The molecule has 2 aliphatic carbocycles. The van der Waals surface area contributed by atoms with Crippen LogP contribution in [0.15, 0.2) is 60.7 Å². The lowest BCUT2D eigenvalue weighted by Gasteiger charge is -2.25. The molecule has 0 spiro atoms. The van der Waals surface area contributed by atoms with Gasteiger partial charge in [0, 0.05) is 23.7 Å². The van der Waals surface area contributed by atoms with Gasteiger partial charge in [0.1, 0.15) is 0 Å². The molecule has 0 bridgehead atoms. The molecule has 0 saturated heterocycles. The summed E-state index contributed by atoms with van der Waals surface area (Å²) in [4.78, 5) is 4.48. The molecule has 2 aromatic rings. The number of anilines is 1. The van der Waals surface area contributed by atoms with Crippen molar-refractivity contribution in [3.8, 4) is 0 Å². The normalized spacial score (nSPS) is 23.4. The Balaban J connectivity index is 1.68. The summed E-state index contributed by atoms with van der Waals surface area (Å²) in [6, 6.07) is 4.43. The van der Waals surface area contributed by atoms with Gasteiger partial charge in [0.05, 0.1) is 16.8 Å². The molecule has 3 nitrogen and oxygen atoms in total. The number of nitrogens with one attached hydrogen (secondary N) is 1. The summed E-state index contributed by atoms with van der Waals surface area (Å²) in [5.41, 5.74) is 7.75. The van der Waals surface area contributed by atoms with Crippen LogP contribution in [0.2, 0.25) is 0 Å². The number of nitrogen functional groups attached to an aromatic ring is 1. The maximum Gasteiger partial charge on any atom is 0.418 e. The summed E-state index contributed by atoms with van der Waals surface area (Å²) in [7, 11) is 0. The third-order valence-electron chi connectivity index (χ3n) is 6.87. The van der Waals surface area contributed by atoms with Gasteiger partial charge in [-0.15, -0.1) is 0 Å². The molecule has 0 amide bonds. The first-order chi connectivity index (χ1) is 16.2. The van der Waals surface area contributed by atoms with Crippen molar-refractivity contribution in [1.29, 1.82) is 0 Å². The summed E-state index contributed by atoms with van der Waals surface area (Å²) in [5.74, 6) is 1.06.